The van der Waals surface area contributed by atoms with Crippen molar-refractivity contribution in [3.8, 4) is 23.2 Å². The van der Waals surface area contributed by atoms with E-state index in [1.807, 2.05) is 31.2 Å². The number of para-hydroxylation sites is 1. The molecule has 3 aromatic rings. The molecule has 0 atom stereocenters. The standard InChI is InChI=1S/C21H21N5O2S2/c1-2-28-16-9-5-3-8-14(16)19-24-21(26-25-19)29-12-18(27)23-20-15(11-22)13-7-4-6-10-17(13)30-20/h3,5,8-9H,2,4,6-7,10,12H2,1H3,(H,23,27)(H,24,25,26). The largest absolute Gasteiger partial charge is 0.493 e. The average molecular weight is 440 g/mol. The van der Waals surface area contributed by atoms with Crippen LogP contribution in [0.25, 0.3) is 11.4 Å². The van der Waals surface area contributed by atoms with Crippen LogP contribution in [0.1, 0.15) is 35.8 Å². The van der Waals surface area contributed by atoms with E-state index in [0.717, 1.165) is 42.6 Å². The number of H-pyrrole nitrogens is 1. The SMILES string of the molecule is CCOc1ccccc1-c1nc(SCC(=O)Nc2sc3c(c2C#N)CCCC3)n[nH]1. The number of hydrogen-bond donors (Lipinski definition) is 2. The van der Waals surface area contributed by atoms with Gasteiger partial charge in [0.1, 0.15) is 16.8 Å². The summed E-state index contributed by atoms with van der Waals surface area (Å²) in [5.41, 5.74) is 2.56. The molecule has 1 aromatic carbocycles. The number of nitriles is 1. The Hall–Kier alpha value is -2.83. The number of hydrogen-bond acceptors (Lipinski definition) is 7. The summed E-state index contributed by atoms with van der Waals surface area (Å²) in [6.07, 6.45) is 4.15. The van der Waals surface area contributed by atoms with Crippen molar-refractivity contribution in [1.82, 2.24) is 15.2 Å². The van der Waals surface area contributed by atoms with Crippen LogP contribution in [0.4, 0.5) is 5.00 Å². The number of nitrogens with zero attached hydrogens (tertiary/aromatic N) is 3. The highest BCUT2D eigenvalue weighted by atomic mass is 32.2. The minimum Gasteiger partial charge on any atom is -0.493 e. The van der Waals surface area contributed by atoms with E-state index in [9.17, 15) is 10.1 Å². The Labute approximate surface area is 182 Å². The number of rotatable bonds is 7. The highest BCUT2D eigenvalue weighted by molar-refractivity contribution is 7.99. The van der Waals surface area contributed by atoms with Gasteiger partial charge in [0, 0.05) is 4.88 Å². The van der Waals surface area contributed by atoms with Gasteiger partial charge in [-0.15, -0.1) is 16.4 Å². The second kappa shape index (κ2) is 9.32. The number of aromatic nitrogens is 3. The fraction of sp³-hybridized carbons (Fsp3) is 0.333. The molecule has 1 aliphatic rings. The molecule has 2 heterocycles. The zero-order chi connectivity index (χ0) is 20.9. The maximum absolute atomic E-state index is 12.5. The molecule has 0 saturated heterocycles. The molecule has 2 aromatic heterocycles. The molecule has 154 valence electrons. The third-order valence-corrected chi connectivity index (χ3v) is 6.83. The lowest BCUT2D eigenvalue weighted by atomic mass is 9.96. The molecule has 30 heavy (non-hydrogen) atoms. The summed E-state index contributed by atoms with van der Waals surface area (Å²) in [5, 5.41) is 20.7. The molecule has 0 unspecified atom stereocenters. The Bertz CT molecular complexity index is 1100. The molecule has 1 amide bonds. The van der Waals surface area contributed by atoms with E-state index in [1.165, 1.54) is 28.0 Å². The van der Waals surface area contributed by atoms with Gasteiger partial charge in [0.05, 0.1) is 23.5 Å². The highest BCUT2D eigenvalue weighted by Gasteiger charge is 2.22. The van der Waals surface area contributed by atoms with Crippen LogP contribution in [0, 0.1) is 11.3 Å². The van der Waals surface area contributed by atoms with Crippen molar-refractivity contribution in [2.24, 2.45) is 0 Å². The van der Waals surface area contributed by atoms with Gasteiger partial charge in [0.25, 0.3) is 0 Å². The van der Waals surface area contributed by atoms with Crippen molar-refractivity contribution in [3.05, 3.63) is 40.3 Å². The van der Waals surface area contributed by atoms with E-state index in [-0.39, 0.29) is 11.7 Å². The van der Waals surface area contributed by atoms with Crippen LogP contribution in [0.15, 0.2) is 29.4 Å². The third-order valence-electron chi connectivity index (χ3n) is 4.78. The first-order valence-electron chi connectivity index (χ1n) is 9.81. The molecule has 0 aliphatic heterocycles. The molecule has 0 fully saturated rings. The Morgan fingerprint density at radius 1 is 1.37 bits per heavy atom. The summed E-state index contributed by atoms with van der Waals surface area (Å²) in [5.74, 6) is 1.32. The van der Waals surface area contributed by atoms with Gasteiger partial charge >= 0.3 is 0 Å². The van der Waals surface area contributed by atoms with Gasteiger partial charge in [-0.3, -0.25) is 9.89 Å². The van der Waals surface area contributed by atoms with Crippen molar-refractivity contribution < 1.29 is 9.53 Å². The van der Waals surface area contributed by atoms with Crippen molar-refractivity contribution in [3.63, 3.8) is 0 Å². The van der Waals surface area contributed by atoms with Crippen LogP contribution in [-0.2, 0) is 17.6 Å². The first-order chi connectivity index (χ1) is 14.7. The highest BCUT2D eigenvalue weighted by Crippen LogP contribution is 2.37. The summed E-state index contributed by atoms with van der Waals surface area (Å²) < 4.78 is 5.64. The number of anilines is 1. The zero-order valence-corrected chi connectivity index (χ0v) is 18.2. The molecule has 0 radical (unpaired) electrons. The van der Waals surface area contributed by atoms with Crippen LogP contribution in [-0.4, -0.2) is 33.4 Å². The summed E-state index contributed by atoms with van der Waals surface area (Å²) in [6.45, 7) is 2.49. The number of aryl methyl sites for hydroxylation is 1. The molecule has 0 spiro atoms. The molecule has 9 heteroatoms. The second-order valence-electron chi connectivity index (χ2n) is 6.76. The van der Waals surface area contributed by atoms with Crippen molar-refractivity contribution >= 4 is 34.0 Å². The minimum atomic E-state index is -0.170. The maximum atomic E-state index is 12.5. The normalized spacial score (nSPS) is 12.8. The number of fused-ring (bicyclic) bond motifs is 1. The fourth-order valence-corrected chi connectivity index (χ4v) is 5.29. The number of ether oxygens (including phenoxy) is 1. The number of nitrogens with one attached hydrogen (secondary N) is 2. The van der Waals surface area contributed by atoms with Crippen molar-refractivity contribution in [1.29, 1.82) is 5.26 Å². The smallest absolute Gasteiger partial charge is 0.235 e. The molecular formula is C21H21N5O2S2. The summed E-state index contributed by atoms with van der Waals surface area (Å²) in [6, 6.07) is 9.88. The lowest BCUT2D eigenvalue weighted by Crippen LogP contribution is -2.14. The molecule has 2 N–H and O–H groups in total. The topological polar surface area (TPSA) is 104 Å². The monoisotopic (exact) mass is 439 g/mol. The second-order valence-corrected chi connectivity index (χ2v) is 8.81. The molecule has 1 aliphatic carbocycles. The Morgan fingerprint density at radius 3 is 3.03 bits per heavy atom. The summed E-state index contributed by atoms with van der Waals surface area (Å²) >= 11 is 2.78. The maximum Gasteiger partial charge on any atom is 0.235 e. The van der Waals surface area contributed by atoms with Gasteiger partial charge in [-0.2, -0.15) is 5.26 Å². The Kier molecular flexibility index (Phi) is 6.35. The van der Waals surface area contributed by atoms with Gasteiger partial charge < -0.3 is 10.1 Å². The number of aromatic amines is 1. The fourth-order valence-electron chi connectivity index (χ4n) is 3.44. The Morgan fingerprint density at radius 2 is 2.20 bits per heavy atom. The van der Waals surface area contributed by atoms with E-state index < -0.39 is 0 Å². The van der Waals surface area contributed by atoms with E-state index in [4.69, 9.17) is 4.74 Å². The predicted molar refractivity (Wildman–Crippen MR) is 118 cm³/mol. The number of carbonyl (C=O) groups is 1. The summed E-state index contributed by atoms with van der Waals surface area (Å²) in [7, 11) is 0. The Balaban J connectivity index is 1.40. The number of thioether (sulfide) groups is 1. The van der Waals surface area contributed by atoms with E-state index in [2.05, 4.69) is 26.6 Å². The van der Waals surface area contributed by atoms with Crippen molar-refractivity contribution in [2.45, 2.75) is 37.8 Å². The molecule has 0 bridgehead atoms. The lowest BCUT2D eigenvalue weighted by molar-refractivity contribution is -0.113. The van der Waals surface area contributed by atoms with E-state index >= 15 is 0 Å². The van der Waals surface area contributed by atoms with Crippen LogP contribution < -0.4 is 10.1 Å². The van der Waals surface area contributed by atoms with Gasteiger partial charge in [0.2, 0.25) is 11.1 Å². The first kappa shape index (κ1) is 20.4. The molecule has 4 rings (SSSR count). The van der Waals surface area contributed by atoms with Gasteiger partial charge in [-0.05, 0) is 50.3 Å². The van der Waals surface area contributed by atoms with Gasteiger partial charge in [0.15, 0.2) is 5.82 Å². The van der Waals surface area contributed by atoms with Crippen LogP contribution in [0.3, 0.4) is 0 Å². The van der Waals surface area contributed by atoms with E-state index in [1.54, 1.807) is 0 Å². The number of benzene rings is 1. The minimum absolute atomic E-state index is 0.165. The number of thiophene rings is 1. The lowest BCUT2D eigenvalue weighted by Gasteiger charge is -2.09. The quantitative estimate of drug-likeness (QED) is 0.529. The van der Waals surface area contributed by atoms with Gasteiger partial charge in [-0.1, -0.05) is 23.9 Å². The van der Waals surface area contributed by atoms with Gasteiger partial charge in [-0.25, -0.2) is 4.98 Å². The zero-order valence-electron chi connectivity index (χ0n) is 16.5. The predicted octanol–water partition coefficient (Wildman–Crippen LogP) is 4.41. The average Bonchev–Trinajstić information content (AvgIpc) is 3.37. The molecular weight excluding hydrogens is 418 g/mol. The molecule has 0 saturated carbocycles. The van der Waals surface area contributed by atoms with E-state index in [0.29, 0.717) is 28.2 Å². The van der Waals surface area contributed by atoms with Crippen LogP contribution in [0.5, 0.6) is 5.75 Å². The van der Waals surface area contributed by atoms with Crippen LogP contribution >= 0.6 is 23.1 Å². The first-order valence-corrected chi connectivity index (χ1v) is 11.6. The summed E-state index contributed by atoms with van der Waals surface area (Å²) in [4.78, 5) is 18.2. The van der Waals surface area contributed by atoms with Crippen LogP contribution in [0.2, 0.25) is 0 Å². The van der Waals surface area contributed by atoms with Crippen molar-refractivity contribution in [2.75, 3.05) is 17.7 Å². The number of amides is 1. The number of carbonyl (C=O) groups excluding carboxylic acids is 1. The third kappa shape index (κ3) is 4.35. The molecule has 7 nitrogen and oxygen atoms in total.